The van der Waals surface area contributed by atoms with Gasteiger partial charge < -0.3 is 10.8 Å². The van der Waals surface area contributed by atoms with Crippen LogP contribution in [0.1, 0.15) is 38.5 Å². The highest BCUT2D eigenvalue weighted by molar-refractivity contribution is 6.08. The van der Waals surface area contributed by atoms with Gasteiger partial charge in [-0.3, -0.25) is 9.69 Å². The van der Waals surface area contributed by atoms with E-state index in [-0.39, 0.29) is 19.4 Å². The minimum absolute atomic E-state index is 0.0542. The molecule has 0 radical (unpaired) electrons. The molecule has 1 rings (SSSR count). The SMILES string of the molecule is BCCCCC(N)(CCN1CCC[C@@H]1C(F)(F)F)C(=O)O. The van der Waals surface area contributed by atoms with E-state index in [1.165, 1.54) is 4.90 Å². The second kappa shape index (κ2) is 7.49. The first-order chi connectivity index (χ1) is 9.70. The lowest BCUT2D eigenvalue weighted by Gasteiger charge is -2.31. The number of nitrogens with two attached hydrogens (primary N) is 1. The third kappa shape index (κ3) is 5.18. The fourth-order valence-corrected chi connectivity index (χ4v) is 2.84. The standard InChI is InChI=1S/C13H24BF3N2O2/c14-7-2-1-5-12(18,11(20)21)6-9-19-8-3-4-10(19)13(15,16)17/h10H,1-9,14,18H2,(H,20,21)/t10-,12?/m1/s1. The summed E-state index contributed by atoms with van der Waals surface area (Å²) in [6.07, 6.45) is -0.811. The summed E-state index contributed by atoms with van der Waals surface area (Å²) in [5.74, 6) is -1.12. The number of rotatable bonds is 8. The van der Waals surface area contributed by atoms with E-state index in [1.54, 1.807) is 0 Å². The molecule has 122 valence electrons. The lowest BCUT2D eigenvalue weighted by atomic mass is 9.88. The van der Waals surface area contributed by atoms with E-state index in [9.17, 15) is 23.1 Å². The van der Waals surface area contributed by atoms with Crippen molar-refractivity contribution < 1.29 is 23.1 Å². The van der Waals surface area contributed by atoms with Gasteiger partial charge in [0, 0.05) is 6.54 Å². The molecule has 0 saturated carbocycles. The largest absolute Gasteiger partial charge is 0.480 e. The van der Waals surface area contributed by atoms with Crippen molar-refractivity contribution in [2.24, 2.45) is 5.73 Å². The molecule has 1 aliphatic heterocycles. The predicted molar refractivity (Wildman–Crippen MR) is 77.0 cm³/mol. The number of hydrogen-bond acceptors (Lipinski definition) is 3. The zero-order chi connectivity index (χ0) is 16.1. The van der Waals surface area contributed by atoms with E-state index in [2.05, 4.69) is 0 Å². The van der Waals surface area contributed by atoms with Crippen LogP contribution in [0.3, 0.4) is 0 Å². The molecule has 1 fully saturated rings. The number of unbranched alkanes of at least 4 members (excludes halogenated alkanes) is 1. The van der Waals surface area contributed by atoms with Crippen molar-refractivity contribution in [2.75, 3.05) is 13.1 Å². The molecule has 0 aliphatic carbocycles. The highest BCUT2D eigenvalue weighted by Gasteiger charge is 2.46. The number of nitrogens with zero attached hydrogens (tertiary/aromatic N) is 1. The van der Waals surface area contributed by atoms with Crippen molar-refractivity contribution in [3.8, 4) is 0 Å². The van der Waals surface area contributed by atoms with Gasteiger partial charge in [0.15, 0.2) is 0 Å². The molecule has 0 bridgehead atoms. The van der Waals surface area contributed by atoms with Crippen LogP contribution in [0.25, 0.3) is 0 Å². The lowest BCUT2D eigenvalue weighted by Crippen LogP contribution is -2.51. The maximum Gasteiger partial charge on any atom is 0.404 e. The molecule has 0 aromatic carbocycles. The zero-order valence-electron chi connectivity index (χ0n) is 12.5. The average Bonchev–Trinajstić information content (AvgIpc) is 2.85. The van der Waals surface area contributed by atoms with Crippen LogP contribution >= 0.6 is 0 Å². The molecule has 21 heavy (non-hydrogen) atoms. The number of aliphatic carboxylic acids is 1. The monoisotopic (exact) mass is 308 g/mol. The second-order valence-electron chi connectivity index (χ2n) is 5.90. The molecule has 2 atom stereocenters. The van der Waals surface area contributed by atoms with Gasteiger partial charge >= 0.3 is 12.1 Å². The van der Waals surface area contributed by atoms with Crippen LogP contribution in [0.2, 0.25) is 6.32 Å². The highest BCUT2D eigenvalue weighted by atomic mass is 19.4. The summed E-state index contributed by atoms with van der Waals surface area (Å²) in [5.41, 5.74) is 4.48. The van der Waals surface area contributed by atoms with Crippen LogP contribution in [0, 0.1) is 0 Å². The Morgan fingerprint density at radius 2 is 2.00 bits per heavy atom. The molecule has 0 aromatic heterocycles. The van der Waals surface area contributed by atoms with Crippen LogP contribution in [-0.2, 0) is 4.79 Å². The summed E-state index contributed by atoms with van der Waals surface area (Å²) < 4.78 is 38.5. The van der Waals surface area contributed by atoms with Crippen molar-refractivity contribution in [3.63, 3.8) is 0 Å². The van der Waals surface area contributed by atoms with Crippen LogP contribution in [0.4, 0.5) is 13.2 Å². The summed E-state index contributed by atoms with van der Waals surface area (Å²) >= 11 is 0. The first-order valence-corrected chi connectivity index (χ1v) is 7.54. The fourth-order valence-electron chi connectivity index (χ4n) is 2.84. The van der Waals surface area contributed by atoms with E-state index in [4.69, 9.17) is 5.73 Å². The van der Waals surface area contributed by atoms with Crippen LogP contribution in [-0.4, -0.2) is 54.7 Å². The van der Waals surface area contributed by atoms with E-state index < -0.39 is 23.7 Å². The molecule has 0 amide bonds. The maximum absolute atomic E-state index is 12.8. The molecule has 1 heterocycles. The molecule has 4 nitrogen and oxygen atoms in total. The first kappa shape index (κ1) is 18.3. The Kier molecular flexibility index (Phi) is 6.53. The topological polar surface area (TPSA) is 66.6 Å². The molecular weight excluding hydrogens is 284 g/mol. The van der Waals surface area contributed by atoms with Gasteiger partial charge in [-0.05, 0) is 32.2 Å². The minimum atomic E-state index is -4.25. The lowest BCUT2D eigenvalue weighted by molar-refractivity contribution is -0.176. The smallest absolute Gasteiger partial charge is 0.404 e. The number of carboxylic acids is 1. The third-order valence-electron chi connectivity index (χ3n) is 4.24. The van der Waals surface area contributed by atoms with Gasteiger partial charge in [0.2, 0.25) is 0 Å². The van der Waals surface area contributed by atoms with Gasteiger partial charge in [0.1, 0.15) is 19.4 Å². The molecule has 3 N–H and O–H groups in total. The summed E-state index contributed by atoms with van der Waals surface area (Å²) in [6.45, 7) is 0.438. The van der Waals surface area contributed by atoms with Gasteiger partial charge in [-0.15, -0.1) is 0 Å². The zero-order valence-corrected chi connectivity index (χ0v) is 12.5. The Hall–Kier alpha value is -0.755. The van der Waals surface area contributed by atoms with E-state index in [0.29, 0.717) is 25.8 Å². The van der Waals surface area contributed by atoms with E-state index in [1.807, 2.05) is 7.85 Å². The van der Waals surface area contributed by atoms with Crippen LogP contribution in [0.15, 0.2) is 0 Å². The number of carbonyl (C=O) groups is 1. The molecule has 0 spiro atoms. The fraction of sp³-hybridized carbons (Fsp3) is 0.923. The number of carboxylic acid groups (broad SMARTS) is 1. The summed E-state index contributed by atoms with van der Waals surface area (Å²) in [5, 5.41) is 9.27. The van der Waals surface area contributed by atoms with Crippen LogP contribution in [0.5, 0.6) is 0 Å². The van der Waals surface area contributed by atoms with Crippen molar-refractivity contribution in [2.45, 2.75) is 62.6 Å². The average molecular weight is 308 g/mol. The minimum Gasteiger partial charge on any atom is -0.480 e. The molecule has 8 heteroatoms. The van der Waals surface area contributed by atoms with Gasteiger partial charge in [0.05, 0.1) is 0 Å². The number of alkyl halides is 3. The Morgan fingerprint density at radius 3 is 2.52 bits per heavy atom. The Bertz CT molecular complexity index is 355. The summed E-state index contributed by atoms with van der Waals surface area (Å²) in [6, 6.07) is -1.45. The molecular formula is C13H24BF3N2O2. The van der Waals surface area contributed by atoms with Gasteiger partial charge in [-0.2, -0.15) is 13.2 Å². The highest BCUT2D eigenvalue weighted by Crippen LogP contribution is 2.33. The molecule has 1 aliphatic rings. The van der Waals surface area contributed by atoms with Crippen molar-refractivity contribution in [3.05, 3.63) is 0 Å². The van der Waals surface area contributed by atoms with E-state index in [0.717, 1.165) is 12.7 Å². The van der Waals surface area contributed by atoms with Gasteiger partial charge in [-0.25, -0.2) is 0 Å². The van der Waals surface area contributed by atoms with Crippen molar-refractivity contribution in [1.29, 1.82) is 0 Å². The maximum atomic E-state index is 12.8. The Morgan fingerprint density at radius 1 is 1.33 bits per heavy atom. The second-order valence-corrected chi connectivity index (χ2v) is 5.90. The number of halogens is 3. The summed E-state index contributed by atoms with van der Waals surface area (Å²) in [4.78, 5) is 12.7. The van der Waals surface area contributed by atoms with Gasteiger partial charge in [-0.1, -0.05) is 19.2 Å². The van der Waals surface area contributed by atoms with Gasteiger partial charge in [0.25, 0.3) is 0 Å². The summed E-state index contributed by atoms with van der Waals surface area (Å²) in [7, 11) is 2.00. The first-order valence-electron chi connectivity index (χ1n) is 7.54. The molecule has 1 saturated heterocycles. The number of likely N-dealkylation sites (tertiary alicyclic amines) is 1. The van der Waals surface area contributed by atoms with Crippen LogP contribution < -0.4 is 5.73 Å². The Balaban J connectivity index is 2.58. The van der Waals surface area contributed by atoms with Crippen molar-refractivity contribution >= 4 is 13.8 Å². The molecule has 0 aromatic rings. The van der Waals surface area contributed by atoms with Crippen molar-refractivity contribution in [1.82, 2.24) is 4.90 Å². The quantitative estimate of drug-likeness (QED) is 0.525. The van der Waals surface area contributed by atoms with E-state index >= 15 is 0 Å². The third-order valence-corrected chi connectivity index (χ3v) is 4.24. The normalized spacial score (nSPS) is 23.1. The Labute approximate surface area is 124 Å². The predicted octanol–water partition coefficient (Wildman–Crippen LogP) is 1.41. The number of hydrogen-bond donors (Lipinski definition) is 2. The molecule has 1 unspecified atom stereocenters.